The maximum atomic E-state index is 12.4. The molecule has 1 unspecified atom stereocenters. The number of amides is 1. The van der Waals surface area contributed by atoms with E-state index in [1.165, 1.54) is 15.6 Å². The summed E-state index contributed by atoms with van der Waals surface area (Å²) in [5, 5.41) is 14.6. The number of carbonyl (C=O) groups is 1. The molecular formula is C18H21N7O2. The molecule has 9 nitrogen and oxygen atoms in total. The Morgan fingerprint density at radius 3 is 2.74 bits per heavy atom. The van der Waals surface area contributed by atoms with Crippen molar-refractivity contribution in [1.29, 1.82) is 0 Å². The lowest BCUT2D eigenvalue weighted by molar-refractivity contribution is 0.102. The smallest absolute Gasteiger partial charge is 0.321 e. The van der Waals surface area contributed by atoms with Crippen LogP contribution in [0.3, 0.4) is 0 Å². The van der Waals surface area contributed by atoms with Crippen LogP contribution in [-0.2, 0) is 7.05 Å². The molecule has 0 spiro atoms. The first-order chi connectivity index (χ1) is 13.1. The van der Waals surface area contributed by atoms with Gasteiger partial charge in [0.15, 0.2) is 5.69 Å². The first-order valence-electron chi connectivity index (χ1n) is 8.90. The maximum Gasteiger partial charge on any atom is 0.350 e. The quantitative estimate of drug-likeness (QED) is 0.715. The molecule has 1 aromatic carbocycles. The molecule has 1 aliphatic rings. The Hall–Kier alpha value is -3.20. The van der Waals surface area contributed by atoms with Gasteiger partial charge in [0.05, 0.1) is 11.7 Å². The third-order valence-corrected chi connectivity index (χ3v) is 4.68. The molecule has 1 atom stereocenters. The van der Waals surface area contributed by atoms with Gasteiger partial charge in [0.2, 0.25) is 0 Å². The van der Waals surface area contributed by atoms with Gasteiger partial charge >= 0.3 is 5.69 Å². The standard InChI is InChI=1S/C18H21N7O2/c1-23-12-20-25(18(23)27)14-6-4-13(5-7-14)21-17(26)16-8-10-24(22-16)15-3-2-9-19-11-15/h4-8,10,12,15,19H,2-3,9,11H2,1H3,(H,21,26). The number of aryl methyl sites for hydroxylation is 1. The number of carbonyl (C=O) groups excluding carboxylic acids is 1. The van der Waals surface area contributed by atoms with E-state index in [4.69, 9.17) is 0 Å². The summed E-state index contributed by atoms with van der Waals surface area (Å²) in [4.78, 5) is 24.4. The molecule has 27 heavy (non-hydrogen) atoms. The molecule has 3 aromatic rings. The van der Waals surface area contributed by atoms with Crippen LogP contribution in [0.15, 0.2) is 47.7 Å². The highest BCUT2D eigenvalue weighted by atomic mass is 16.2. The van der Waals surface area contributed by atoms with Crippen LogP contribution in [0.4, 0.5) is 5.69 Å². The number of anilines is 1. The molecule has 140 valence electrons. The van der Waals surface area contributed by atoms with Crippen molar-refractivity contribution in [3.63, 3.8) is 0 Å². The number of rotatable bonds is 4. The van der Waals surface area contributed by atoms with Crippen LogP contribution in [0.2, 0.25) is 0 Å². The zero-order valence-electron chi connectivity index (χ0n) is 15.0. The second-order valence-electron chi connectivity index (χ2n) is 6.62. The molecule has 1 saturated heterocycles. The molecule has 3 heterocycles. The van der Waals surface area contributed by atoms with Gasteiger partial charge < -0.3 is 10.6 Å². The number of hydrogen-bond acceptors (Lipinski definition) is 5. The van der Waals surface area contributed by atoms with E-state index < -0.39 is 0 Å². The highest BCUT2D eigenvalue weighted by molar-refractivity contribution is 6.02. The molecule has 2 aromatic heterocycles. The van der Waals surface area contributed by atoms with E-state index in [1.54, 1.807) is 37.4 Å². The summed E-state index contributed by atoms with van der Waals surface area (Å²) in [6.07, 6.45) is 5.47. The minimum atomic E-state index is -0.264. The average molecular weight is 367 g/mol. The van der Waals surface area contributed by atoms with Crippen molar-refractivity contribution >= 4 is 11.6 Å². The summed E-state index contributed by atoms with van der Waals surface area (Å²) in [5.41, 5.74) is 1.41. The number of aromatic nitrogens is 5. The van der Waals surface area contributed by atoms with Gasteiger partial charge in [-0.05, 0) is 49.7 Å². The number of nitrogens with zero attached hydrogens (tertiary/aromatic N) is 5. The summed E-state index contributed by atoms with van der Waals surface area (Å²) in [6, 6.07) is 8.95. The highest BCUT2D eigenvalue weighted by Gasteiger charge is 2.17. The summed E-state index contributed by atoms with van der Waals surface area (Å²) in [6.45, 7) is 1.91. The van der Waals surface area contributed by atoms with Gasteiger partial charge in [-0.2, -0.15) is 14.9 Å². The van der Waals surface area contributed by atoms with Crippen molar-refractivity contribution in [2.24, 2.45) is 7.05 Å². The largest absolute Gasteiger partial charge is 0.350 e. The van der Waals surface area contributed by atoms with Crippen molar-refractivity contribution < 1.29 is 4.79 Å². The van der Waals surface area contributed by atoms with Crippen LogP contribution in [0.5, 0.6) is 0 Å². The monoisotopic (exact) mass is 367 g/mol. The van der Waals surface area contributed by atoms with Gasteiger partial charge in [-0.15, -0.1) is 0 Å². The second kappa shape index (κ2) is 7.20. The lowest BCUT2D eigenvalue weighted by Crippen LogP contribution is -2.32. The fourth-order valence-electron chi connectivity index (χ4n) is 3.16. The lowest BCUT2D eigenvalue weighted by atomic mass is 10.1. The number of benzene rings is 1. The van der Waals surface area contributed by atoms with Gasteiger partial charge in [-0.25, -0.2) is 4.79 Å². The SMILES string of the molecule is Cn1cnn(-c2ccc(NC(=O)c3ccn(C4CCCNC4)n3)cc2)c1=O. The third kappa shape index (κ3) is 3.54. The van der Waals surface area contributed by atoms with Crippen molar-refractivity contribution in [2.75, 3.05) is 18.4 Å². The van der Waals surface area contributed by atoms with Crippen LogP contribution in [0.1, 0.15) is 29.4 Å². The molecule has 0 radical (unpaired) electrons. The minimum Gasteiger partial charge on any atom is -0.321 e. The Morgan fingerprint density at radius 1 is 1.26 bits per heavy atom. The van der Waals surface area contributed by atoms with Crippen molar-refractivity contribution in [1.82, 2.24) is 29.4 Å². The van der Waals surface area contributed by atoms with Crippen molar-refractivity contribution in [3.05, 3.63) is 59.0 Å². The minimum absolute atomic E-state index is 0.227. The predicted octanol–water partition coefficient (Wildman–Crippen LogP) is 0.944. The number of hydrogen-bond donors (Lipinski definition) is 2. The zero-order valence-corrected chi connectivity index (χ0v) is 15.0. The topological polar surface area (TPSA) is 98.8 Å². The summed E-state index contributed by atoms with van der Waals surface area (Å²) < 4.78 is 4.55. The molecule has 9 heteroatoms. The van der Waals surface area contributed by atoms with Crippen molar-refractivity contribution in [3.8, 4) is 5.69 Å². The summed E-state index contributed by atoms with van der Waals surface area (Å²) in [7, 11) is 1.64. The molecule has 0 saturated carbocycles. The van der Waals surface area contributed by atoms with E-state index >= 15 is 0 Å². The zero-order chi connectivity index (χ0) is 18.8. The first-order valence-corrected chi connectivity index (χ1v) is 8.90. The van der Waals surface area contributed by atoms with E-state index in [-0.39, 0.29) is 17.6 Å². The Balaban J connectivity index is 1.44. The number of piperidine rings is 1. The number of nitrogens with one attached hydrogen (secondary N) is 2. The first kappa shape index (κ1) is 17.2. The molecule has 1 amide bonds. The Kier molecular flexibility index (Phi) is 4.59. The molecule has 4 rings (SSSR count). The van der Waals surface area contributed by atoms with Crippen LogP contribution in [0.25, 0.3) is 5.69 Å². The van der Waals surface area contributed by atoms with Gasteiger partial charge in [0.1, 0.15) is 6.33 Å². The highest BCUT2D eigenvalue weighted by Crippen LogP contribution is 2.17. The second-order valence-corrected chi connectivity index (χ2v) is 6.62. The normalized spacial score (nSPS) is 17.0. The summed E-state index contributed by atoms with van der Waals surface area (Å²) in [5.74, 6) is -0.264. The van der Waals surface area contributed by atoms with E-state index in [1.807, 2.05) is 10.9 Å². The predicted molar refractivity (Wildman–Crippen MR) is 100 cm³/mol. The van der Waals surface area contributed by atoms with Gasteiger partial charge in [0, 0.05) is 25.5 Å². The molecule has 1 aliphatic heterocycles. The van der Waals surface area contributed by atoms with Crippen LogP contribution >= 0.6 is 0 Å². The Labute approximate surface area is 155 Å². The van der Waals surface area contributed by atoms with E-state index in [0.717, 1.165) is 25.9 Å². The van der Waals surface area contributed by atoms with Gasteiger partial charge in [-0.3, -0.25) is 14.0 Å². The lowest BCUT2D eigenvalue weighted by Gasteiger charge is -2.22. The maximum absolute atomic E-state index is 12.4. The van der Waals surface area contributed by atoms with Crippen LogP contribution < -0.4 is 16.3 Å². The molecule has 2 N–H and O–H groups in total. The van der Waals surface area contributed by atoms with Crippen LogP contribution in [-0.4, -0.2) is 43.1 Å². The fourth-order valence-corrected chi connectivity index (χ4v) is 3.16. The third-order valence-electron chi connectivity index (χ3n) is 4.68. The fraction of sp³-hybridized carbons (Fsp3) is 0.333. The van der Waals surface area contributed by atoms with E-state index in [9.17, 15) is 9.59 Å². The Bertz CT molecular complexity index is 993. The molecule has 1 fully saturated rings. The molecule has 0 aliphatic carbocycles. The molecular weight excluding hydrogens is 346 g/mol. The summed E-state index contributed by atoms with van der Waals surface area (Å²) >= 11 is 0. The van der Waals surface area contributed by atoms with Crippen molar-refractivity contribution in [2.45, 2.75) is 18.9 Å². The van der Waals surface area contributed by atoms with Gasteiger partial charge in [-0.1, -0.05) is 0 Å². The van der Waals surface area contributed by atoms with Crippen LogP contribution in [0, 0.1) is 0 Å². The van der Waals surface area contributed by atoms with Gasteiger partial charge in [0.25, 0.3) is 5.91 Å². The Morgan fingerprint density at radius 2 is 2.07 bits per heavy atom. The molecule has 0 bridgehead atoms. The van der Waals surface area contributed by atoms with E-state index in [0.29, 0.717) is 17.1 Å². The average Bonchev–Trinajstić information content (AvgIpc) is 3.31. The van der Waals surface area contributed by atoms with E-state index in [2.05, 4.69) is 20.8 Å².